The molecule has 0 aliphatic carbocycles. The van der Waals surface area contributed by atoms with Gasteiger partial charge in [0.2, 0.25) is 0 Å². The number of aryl methyl sites for hydroxylation is 9. The van der Waals surface area contributed by atoms with Crippen LogP contribution < -0.4 is 36.6 Å². The first-order valence-electron chi connectivity index (χ1n) is 39.1. The predicted molar refractivity (Wildman–Crippen MR) is 517 cm³/mol. The molecule has 0 bridgehead atoms. The summed E-state index contributed by atoms with van der Waals surface area (Å²) in [6.07, 6.45) is 18.7. The van der Waals surface area contributed by atoms with Crippen LogP contribution in [0.15, 0.2) is 210 Å². The summed E-state index contributed by atoms with van der Waals surface area (Å²) in [7, 11) is 8.20. The number of nitrogen functional groups attached to an aromatic ring is 3. The van der Waals surface area contributed by atoms with Crippen LogP contribution in [0.3, 0.4) is 0 Å². The van der Waals surface area contributed by atoms with Crippen molar-refractivity contribution < 1.29 is 70.6 Å². The summed E-state index contributed by atoms with van der Waals surface area (Å²) >= 11 is 19.3. The largest absolute Gasteiger partial charge is 0.569 e. The first-order chi connectivity index (χ1) is 62.9. The summed E-state index contributed by atoms with van der Waals surface area (Å²) in [5.41, 5.74) is 27.1. The van der Waals surface area contributed by atoms with Gasteiger partial charge < -0.3 is 70.0 Å². The maximum atomic E-state index is 12.9. The van der Waals surface area contributed by atoms with Gasteiger partial charge in [-0.05, 0) is 231 Å². The van der Waals surface area contributed by atoms with Crippen LogP contribution in [0.5, 0.6) is 17.2 Å². The Morgan fingerprint density at radius 2 is 0.761 bits per heavy atom. The van der Waals surface area contributed by atoms with Crippen molar-refractivity contribution in [2.24, 2.45) is 28.2 Å². The fraction of sp³-hybridized carbons (Fsp3) is 0.176. The molecule has 0 unspecified atom stereocenters. The Hall–Kier alpha value is -14.4. The van der Waals surface area contributed by atoms with Crippen molar-refractivity contribution in [1.82, 2.24) is 88.0 Å². The van der Waals surface area contributed by atoms with E-state index >= 15 is 0 Å². The summed E-state index contributed by atoms with van der Waals surface area (Å²) in [6, 6.07) is 31.9. The van der Waals surface area contributed by atoms with Crippen LogP contribution in [-0.4, -0.2) is 152 Å². The number of aromatic amines is 1. The van der Waals surface area contributed by atoms with Gasteiger partial charge in [0.1, 0.15) is 82.7 Å². The zero-order valence-corrected chi connectivity index (χ0v) is 79.1. The maximum absolute atomic E-state index is 12.9. The maximum Gasteiger partial charge on any atom is 0.569 e. The Bertz CT molecular complexity index is 6960. The molecule has 0 spiro atoms. The molecule has 43 heteroatoms. The molecule has 134 heavy (non-hydrogen) atoms. The highest BCUT2D eigenvalue weighted by molar-refractivity contribution is 9.11. The van der Waals surface area contributed by atoms with Crippen LogP contribution in [-0.2, 0) is 28.2 Å². The van der Waals surface area contributed by atoms with E-state index in [1.165, 1.54) is 93.2 Å². The fourth-order valence-electron chi connectivity index (χ4n) is 12.5. The van der Waals surface area contributed by atoms with E-state index < -0.39 is 17.1 Å². The van der Waals surface area contributed by atoms with E-state index in [-0.39, 0.29) is 53.5 Å². The van der Waals surface area contributed by atoms with E-state index in [0.29, 0.717) is 68.5 Å². The van der Waals surface area contributed by atoms with Gasteiger partial charge in [-0.15, -0.1) is 17.6 Å². The van der Waals surface area contributed by atoms with E-state index in [4.69, 9.17) is 33.8 Å². The molecule has 0 saturated carbocycles. The SMILES string of the molecule is C.CC(=O)c1cc(-c2cncnc2)c2nc(C)n(C)c2c1.CC(=O)c1cc(Br)c2nc(C)[nH]c2c1.CC(=O)c1cc(Br)c2nc(C)n(C)c2c1.CC(=O)c1cc(N)c(N)c(Br)c1.Cc1nc2c(-c3cncnc3)cc(C(=O)Nc3ccc(OC(F)(F)Cl)cc3)cc2n1C.Cc1nc2c(-c3cncnc3)cc(C(=O)O)cc2n1C.Nc1ccc(OC(F)(F)Cl)cc1.O[B]Oc1cncnc1. The Kier molecular flexibility index (Phi) is 35.2. The van der Waals surface area contributed by atoms with E-state index in [9.17, 15) is 51.4 Å². The second-order valence-electron chi connectivity index (χ2n) is 28.9. The monoisotopic (exact) mass is 2060 g/mol. The number of fused-ring (bicyclic) bond motifs is 5. The Morgan fingerprint density at radius 3 is 1.15 bits per heavy atom. The molecule has 0 atom stereocenters. The highest BCUT2D eigenvalue weighted by atomic mass is 79.9. The molecule has 9 aromatic heterocycles. The van der Waals surface area contributed by atoms with Gasteiger partial charge in [0.15, 0.2) is 23.1 Å². The van der Waals surface area contributed by atoms with Gasteiger partial charge >= 0.3 is 24.8 Å². The number of benzene rings is 8. The molecule has 8 aromatic carbocycles. The molecular formula is C91H85BBr3Cl2F4N22O11. The lowest BCUT2D eigenvalue weighted by molar-refractivity contribution is -0.0972. The summed E-state index contributed by atoms with van der Waals surface area (Å²) in [5, 5.41) is 20.1. The summed E-state index contributed by atoms with van der Waals surface area (Å²) in [6.45, 7) is 15.7. The quantitative estimate of drug-likeness (QED) is 0.0155. The van der Waals surface area contributed by atoms with Crippen molar-refractivity contribution in [3.8, 4) is 50.6 Å². The third-order valence-corrected chi connectivity index (χ3v) is 21.6. The number of aromatic nitrogens is 18. The van der Waals surface area contributed by atoms with Crippen LogP contribution in [0.2, 0.25) is 0 Å². The van der Waals surface area contributed by atoms with Crippen LogP contribution >= 0.6 is 71.0 Å². The molecule has 17 aromatic rings. The first-order valence-corrected chi connectivity index (χ1v) is 42.2. The minimum atomic E-state index is -3.81. The predicted octanol–water partition coefficient (Wildman–Crippen LogP) is 19.3. The Morgan fingerprint density at radius 1 is 0.433 bits per heavy atom. The number of carboxylic acids is 1. The number of ether oxygens (including phenoxy) is 2. The van der Waals surface area contributed by atoms with Crippen LogP contribution in [0.1, 0.15) is 126 Å². The number of rotatable bonds is 16. The minimum Gasteiger partial charge on any atom is -0.535 e. The van der Waals surface area contributed by atoms with Gasteiger partial charge in [-0.2, -0.15) is 0 Å². The van der Waals surface area contributed by atoms with Crippen molar-refractivity contribution in [3.05, 3.63) is 272 Å². The van der Waals surface area contributed by atoms with E-state index in [0.717, 1.165) is 127 Å². The van der Waals surface area contributed by atoms with Crippen LogP contribution in [0.25, 0.3) is 88.5 Å². The van der Waals surface area contributed by atoms with Crippen molar-refractivity contribution in [3.63, 3.8) is 0 Å². The number of nitrogens with zero attached hydrogens (tertiary/aromatic N) is 17. The molecule has 0 aliphatic rings. The van der Waals surface area contributed by atoms with E-state index in [2.05, 4.69) is 149 Å². The zero-order chi connectivity index (χ0) is 97.2. The lowest BCUT2D eigenvalue weighted by Crippen LogP contribution is -2.16. The van der Waals surface area contributed by atoms with Gasteiger partial charge in [0.25, 0.3) is 5.91 Å². The molecular weight excluding hydrogens is 1970 g/mol. The van der Waals surface area contributed by atoms with Crippen molar-refractivity contribution in [2.45, 2.75) is 80.9 Å². The van der Waals surface area contributed by atoms with Gasteiger partial charge in [0.05, 0.1) is 73.5 Å². The summed E-state index contributed by atoms with van der Waals surface area (Å²) < 4.78 is 72.4. The molecule has 9 heterocycles. The molecule has 0 saturated heterocycles. The molecule has 33 nitrogen and oxygen atoms in total. The molecule has 1 amide bonds. The van der Waals surface area contributed by atoms with Gasteiger partial charge in [0, 0.05) is 175 Å². The first kappa shape index (κ1) is 103. The number of amides is 1. The van der Waals surface area contributed by atoms with E-state index in [1.54, 1.807) is 100 Å². The second kappa shape index (κ2) is 45.6. The fourth-order valence-corrected chi connectivity index (χ4v) is 14.2. The number of ketones is 4. The number of Topliss-reactive ketones (excluding diaryl/α,β-unsaturated/α-hetero) is 4. The number of carbonyl (C=O) groups is 6. The van der Waals surface area contributed by atoms with Crippen LogP contribution in [0, 0.1) is 34.6 Å². The number of hydrogen-bond acceptors (Lipinski definition) is 26. The molecule has 10 N–H and O–H groups in total. The number of imidazole rings is 5. The third kappa shape index (κ3) is 27.2. The number of hydrogen-bond donors (Lipinski definition) is 7. The summed E-state index contributed by atoms with van der Waals surface area (Å²) in [4.78, 5) is 126. The number of carboxylic acid groups (broad SMARTS) is 1. The molecule has 1 radical (unpaired) electrons. The second-order valence-corrected chi connectivity index (χ2v) is 32.3. The number of alkyl halides is 6. The number of aromatic carboxylic acids is 1. The topological polar surface area (TPSA) is 464 Å². The molecule has 0 aliphatic heterocycles. The van der Waals surface area contributed by atoms with Crippen molar-refractivity contribution in [1.29, 1.82) is 0 Å². The van der Waals surface area contributed by atoms with E-state index in [1.807, 2.05) is 111 Å². The normalized spacial score (nSPS) is 10.7. The van der Waals surface area contributed by atoms with Crippen LogP contribution in [0.4, 0.5) is 40.3 Å². The lowest BCUT2D eigenvalue weighted by atomic mass is 10.0. The Balaban J connectivity index is 0.000000177. The third-order valence-electron chi connectivity index (χ3n) is 19.5. The zero-order valence-electron chi connectivity index (χ0n) is 72.9. The molecule has 17 rings (SSSR count). The number of halogens is 9. The minimum absolute atomic E-state index is 0. The van der Waals surface area contributed by atoms with Gasteiger partial charge in [-0.3, -0.25) is 24.0 Å². The average molecular weight is 2060 g/mol. The van der Waals surface area contributed by atoms with Crippen molar-refractivity contribution >= 4 is 192 Å². The highest BCUT2D eigenvalue weighted by Crippen LogP contribution is 2.36. The smallest absolute Gasteiger partial charge is 0.535 e. The highest BCUT2D eigenvalue weighted by Gasteiger charge is 2.29. The average Bonchev–Trinajstić information content (AvgIpc) is 1.59. The summed E-state index contributed by atoms with van der Waals surface area (Å²) in [5.74, 6) is 3.34. The standard InChI is InChI=1S/C21H16ClF2N5O2.C15H14N4O.C14H12N4O2.C11H11BrN2O.C10H9BrN2O.C8H9BrN2O.C7H6ClF2NO.C4H4BN2O2.CH4/c1-12-27-19-17(14-9-25-11-26-10-14)7-13(8-18(19)29(12)2)20(30)28-15-3-5-16(6-4-15)31-21(22,23)24;1-9(20)11-4-13(12-6-16-8-17-7-12)15-14(5-11)19(3)10(2)18-15;1-8-17-13-11(10-5-15-7-16-6-10)3-9(14(19)20)4-12(13)18(8)2;1-6(15)8-4-9(12)11-10(5-8)14(3)7(2)13-11;1-5(14)7-3-8(11)10-9(4-7)12-6(2)13-10;1-4(12)5-2-6(9)8(11)7(10)3-5;8-7(9,10)12-6-3-1-5(11)2-4-6;8-5-9-4-1-6-3-7-2-4;/h3-11H,1-2H3,(H,28,30);4-8H,1-3H3;3-7H,1-2H3,(H,19,20);4-5H,1-3H3;3-4H,1-2H3,(H,12,13);2-3H,10-11H2,1H3;1-4H,11H2;1-3,8H;1H4. The van der Waals surface area contributed by atoms with Crippen molar-refractivity contribution in [2.75, 3.05) is 22.5 Å². The lowest BCUT2D eigenvalue weighted by Gasteiger charge is -2.12. The number of H-pyrrole nitrogens is 1. The van der Waals surface area contributed by atoms with Gasteiger partial charge in [-0.25, -0.2) is 69.6 Å². The number of nitrogens with two attached hydrogens (primary N) is 3. The molecule has 0 fully saturated rings. The number of anilines is 4. The number of carbonyl (C=O) groups excluding carboxylic acids is 5. The van der Waals surface area contributed by atoms with Gasteiger partial charge in [-0.1, -0.05) is 7.43 Å². The molecule has 691 valence electrons. The Labute approximate surface area is 799 Å². The number of nitrogens with one attached hydrogen (secondary N) is 2.